The summed E-state index contributed by atoms with van der Waals surface area (Å²) in [6.45, 7) is 5.92. The van der Waals surface area contributed by atoms with E-state index < -0.39 is 0 Å². The lowest BCUT2D eigenvalue weighted by Crippen LogP contribution is -2.21. The summed E-state index contributed by atoms with van der Waals surface area (Å²) < 4.78 is 0. The van der Waals surface area contributed by atoms with Crippen molar-refractivity contribution in [2.24, 2.45) is 5.92 Å². The van der Waals surface area contributed by atoms with Crippen LogP contribution < -0.4 is 0 Å². The molecule has 0 radical (unpaired) electrons. The minimum absolute atomic E-state index is 0.829. The van der Waals surface area contributed by atoms with E-state index in [4.69, 9.17) is 0 Å². The van der Waals surface area contributed by atoms with Crippen LogP contribution in [-0.2, 0) is 0 Å². The fraction of sp³-hybridized carbons (Fsp3) is 1.00. The second kappa shape index (κ2) is 2.70. The molecule has 1 heteroatoms. The average Bonchev–Trinajstić information content (AvgIpc) is 2.13. The van der Waals surface area contributed by atoms with Gasteiger partial charge in [0.1, 0.15) is 0 Å². The van der Waals surface area contributed by atoms with Crippen LogP contribution in [0.1, 0.15) is 26.7 Å². The maximum Gasteiger partial charge on any atom is 0.00671 e. The Labute approximate surface area is 58.0 Å². The highest BCUT2D eigenvalue weighted by atomic mass is 15.1. The molecule has 1 heterocycles. The van der Waals surface area contributed by atoms with Gasteiger partial charge in [-0.1, -0.05) is 13.3 Å². The number of nitrogens with zero attached hydrogens (tertiary/aromatic N) is 1. The number of hydrogen-bond donors (Lipinski definition) is 0. The lowest BCUT2D eigenvalue weighted by molar-refractivity contribution is 0.325. The predicted octanol–water partition coefficient (Wildman–Crippen LogP) is 1.74. The molecule has 1 fully saturated rings. The van der Waals surface area contributed by atoms with Crippen molar-refractivity contribution in [1.82, 2.24) is 4.90 Å². The first kappa shape index (κ1) is 7.07. The molecule has 2 atom stereocenters. The van der Waals surface area contributed by atoms with Gasteiger partial charge in [0, 0.05) is 12.6 Å². The predicted molar refractivity (Wildman–Crippen MR) is 40.5 cm³/mol. The van der Waals surface area contributed by atoms with E-state index in [0.29, 0.717) is 0 Å². The van der Waals surface area contributed by atoms with Gasteiger partial charge in [0.25, 0.3) is 0 Å². The summed E-state index contributed by atoms with van der Waals surface area (Å²) in [5.74, 6) is 0.977. The molecule has 1 aliphatic heterocycles. The third-order valence-electron chi connectivity index (χ3n) is 2.55. The number of hydrogen-bond acceptors (Lipinski definition) is 1. The van der Waals surface area contributed by atoms with Gasteiger partial charge < -0.3 is 4.90 Å². The Morgan fingerprint density at radius 1 is 1.56 bits per heavy atom. The van der Waals surface area contributed by atoms with Gasteiger partial charge in [-0.05, 0) is 26.3 Å². The molecular formula is C8H17N. The highest BCUT2D eigenvalue weighted by Gasteiger charge is 2.23. The zero-order chi connectivity index (χ0) is 6.85. The van der Waals surface area contributed by atoms with Crippen molar-refractivity contribution in [3.63, 3.8) is 0 Å². The van der Waals surface area contributed by atoms with E-state index >= 15 is 0 Å². The molecule has 1 nitrogen and oxygen atoms in total. The van der Waals surface area contributed by atoms with E-state index in [0.717, 1.165) is 12.0 Å². The van der Waals surface area contributed by atoms with Crippen molar-refractivity contribution < 1.29 is 0 Å². The molecule has 1 aliphatic rings. The van der Waals surface area contributed by atoms with Gasteiger partial charge in [-0.2, -0.15) is 0 Å². The molecule has 0 aromatic heterocycles. The molecule has 9 heavy (non-hydrogen) atoms. The van der Waals surface area contributed by atoms with Gasteiger partial charge in [-0.3, -0.25) is 0 Å². The van der Waals surface area contributed by atoms with Crippen molar-refractivity contribution in [2.45, 2.75) is 32.7 Å². The smallest absolute Gasteiger partial charge is 0.00671 e. The van der Waals surface area contributed by atoms with Crippen LogP contribution >= 0.6 is 0 Å². The quantitative estimate of drug-likeness (QED) is 0.518. The van der Waals surface area contributed by atoms with Crippen molar-refractivity contribution in [2.75, 3.05) is 13.6 Å². The van der Waals surface area contributed by atoms with Gasteiger partial charge >= 0.3 is 0 Å². The van der Waals surface area contributed by atoms with E-state index in [-0.39, 0.29) is 0 Å². The summed E-state index contributed by atoms with van der Waals surface area (Å²) in [7, 11) is 2.22. The monoisotopic (exact) mass is 127 g/mol. The Kier molecular flexibility index (Phi) is 2.12. The van der Waals surface area contributed by atoms with Crippen LogP contribution in [0.2, 0.25) is 0 Å². The molecule has 54 valence electrons. The van der Waals surface area contributed by atoms with E-state index in [1.165, 1.54) is 19.4 Å². The second-order valence-electron chi connectivity index (χ2n) is 3.30. The zero-order valence-corrected chi connectivity index (χ0v) is 6.72. The Morgan fingerprint density at radius 2 is 2.22 bits per heavy atom. The highest BCUT2D eigenvalue weighted by molar-refractivity contribution is 4.78. The molecule has 0 bridgehead atoms. The van der Waals surface area contributed by atoms with E-state index in [2.05, 4.69) is 25.8 Å². The molecule has 1 rings (SSSR count). The summed E-state index contributed by atoms with van der Waals surface area (Å²) >= 11 is 0. The average molecular weight is 127 g/mol. The van der Waals surface area contributed by atoms with Crippen molar-refractivity contribution >= 4 is 0 Å². The standard InChI is InChI=1S/C8H17N/c1-4-8-5-7(2)9(3)6-8/h7-8H,4-6H2,1-3H3/t7?,8-/m1/s1. The van der Waals surface area contributed by atoms with E-state index in [9.17, 15) is 0 Å². The molecule has 0 aromatic rings. The first-order valence-electron chi connectivity index (χ1n) is 3.94. The molecule has 0 aromatic carbocycles. The third-order valence-corrected chi connectivity index (χ3v) is 2.55. The summed E-state index contributed by atoms with van der Waals surface area (Å²) in [5.41, 5.74) is 0. The van der Waals surface area contributed by atoms with Crippen molar-refractivity contribution in [3.05, 3.63) is 0 Å². The van der Waals surface area contributed by atoms with Gasteiger partial charge in [-0.15, -0.1) is 0 Å². The largest absolute Gasteiger partial charge is 0.303 e. The highest BCUT2D eigenvalue weighted by Crippen LogP contribution is 2.22. The second-order valence-corrected chi connectivity index (χ2v) is 3.30. The van der Waals surface area contributed by atoms with Crippen LogP contribution in [0.5, 0.6) is 0 Å². The molecule has 1 saturated heterocycles. The van der Waals surface area contributed by atoms with E-state index in [1.807, 2.05) is 0 Å². The lowest BCUT2D eigenvalue weighted by atomic mass is 10.0. The maximum absolute atomic E-state index is 2.45. The lowest BCUT2D eigenvalue weighted by Gasteiger charge is -2.12. The Morgan fingerprint density at radius 3 is 2.44 bits per heavy atom. The topological polar surface area (TPSA) is 3.24 Å². The van der Waals surface area contributed by atoms with Crippen LogP contribution in [-0.4, -0.2) is 24.5 Å². The van der Waals surface area contributed by atoms with Crippen molar-refractivity contribution in [3.8, 4) is 0 Å². The van der Waals surface area contributed by atoms with Crippen molar-refractivity contribution in [1.29, 1.82) is 0 Å². The van der Waals surface area contributed by atoms with Crippen LogP contribution in [0.25, 0.3) is 0 Å². The van der Waals surface area contributed by atoms with Gasteiger partial charge in [0.15, 0.2) is 0 Å². The first-order valence-corrected chi connectivity index (χ1v) is 3.94. The minimum Gasteiger partial charge on any atom is -0.303 e. The van der Waals surface area contributed by atoms with Gasteiger partial charge in [-0.25, -0.2) is 0 Å². The summed E-state index contributed by atoms with van der Waals surface area (Å²) in [6, 6.07) is 0.829. The van der Waals surface area contributed by atoms with E-state index in [1.54, 1.807) is 0 Å². The normalized spacial score (nSPS) is 37.7. The fourth-order valence-electron chi connectivity index (χ4n) is 1.62. The molecule has 0 aliphatic carbocycles. The SMILES string of the molecule is CC[C@@H]1CC(C)N(C)C1. The molecule has 0 spiro atoms. The summed E-state index contributed by atoms with van der Waals surface area (Å²) in [4.78, 5) is 2.45. The first-order chi connectivity index (χ1) is 4.24. The fourth-order valence-corrected chi connectivity index (χ4v) is 1.62. The van der Waals surface area contributed by atoms with Crippen LogP contribution in [0, 0.1) is 5.92 Å². The maximum atomic E-state index is 2.45. The third kappa shape index (κ3) is 1.45. The summed E-state index contributed by atoms with van der Waals surface area (Å²) in [5, 5.41) is 0. The van der Waals surface area contributed by atoms with Gasteiger partial charge in [0.05, 0.1) is 0 Å². The Hall–Kier alpha value is -0.0400. The summed E-state index contributed by atoms with van der Waals surface area (Å²) in [6.07, 6.45) is 2.77. The van der Waals surface area contributed by atoms with Crippen LogP contribution in [0.15, 0.2) is 0 Å². The molecular weight excluding hydrogens is 110 g/mol. The Bertz CT molecular complexity index is 80.6. The Balaban J connectivity index is 2.35. The number of rotatable bonds is 1. The zero-order valence-electron chi connectivity index (χ0n) is 6.72. The minimum atomic E-state index is 0.829. The van der Waals surface area contributed by atoms with Crippen LogP contribution in [0.4, 0.5) is 0 Å². The van der Waals surface area contributed by atoms with Crippen LogP contribution in [0.3, 0.4) is 0 Å². The molecule has 1 unspecified atom stereocenters. The molecule has 0 N–H and O–H groups in total. The molecule has 0 amide bonds. The molecule has 0 saturated carbocycles. The van der Waals surface area contributed by atoms with Gasteiger partial charge in [0.2, 0.25) is 0 Å². The number of likely N-dealkylation sites (tertiary alicyclic amines) is 1.